The van der Waals surface area contributed by atoms with Crippen LogP contribution in [0.3, 0.4) is 0 Å². The third kappa shape index (κ3) is 1.92. The van der Waals surface area contributed by atoms with Gasteiger partial charge in [-0.3, -0.25) is 0 Å². The summed E-state index contributed by atoms with van der Waals surface area (Å²) in [5.74, 6) is -1.16. The molecule has 0 saturated heterocycles. The molecule has 0 unspecified atom stereocenters. The van der Waals surface area contributed by atoms with Crippen molar-refractivity contribution in [1.29, 1.82) is 0 Å². The summed E-state index contributed by atoms with van der Waals surface area (Å²) >= 11 is 7.81. The van der Waals surface area contributed by atoms with Crippen LogP contribution in [0.15, 0.2) is 15.0 Å². The molecule has 0 aliphatic heterocycles. The number of benzene rings is 1. The second-order valence-corrected chi connectivity index (χ2v) is 4.45. The van der Waals surface area contributed by atoms with Crippen LogP contribution >= 0.6 is 54.5 Å². The number of hydrogen-bond acceptors (Lipinski definition) is 0. The Bertz CT molecular complexity index is 275. The van der Waals surface area contributed by atoms with E-state index in [0.717, 1.165) is 6.07 Å². The first-order valence-corrected chi connectivity index (χ1v) is 5.19. The second-order valence-electron chi connectivity index (χ2n) is 1.78. The van der Waals surface area contributed by atoms with E-state index in [2.05, 4.69) is 31.9 Å². The van der Waals surface area contributed by atoms with Gasteiger partial charge in [0.05, 0.1) is 12.5 Å². The zero-order valence-electron chi connectivity index (χ0n) is 4.97. The predicted octanol–water partition coefficient (Wildman–Crippen LogP) is 4.09. The Kier molecular flexibility index (Phi) is 3.27. The van der Waals surface area contributed by atoms with Gasteiger partial charge in [0.2, 0.25) is 0 Å². The molecule has 0 atom stereocenters. The minimum Gasteiger partial charge on any atom is -0.206 e. The Labute approximate surface area is 92.8 Å². The van der Waals surface area contributed by atoms with Crippen LogP contribution in [-0.2, 0) is 0 Å². The Balaban J connectivity index is 3.46. The summed E-state index contributed by atoms with van der Waals surface area (Å²) in [6, 6.07) is 0.844. The molecule has 0 aliphatic carbocycles. The monoisotopic (exact) mass is 396 g/mol. The molecule has 0 saturated carbocycles. The highest BCUT2D eigenvalue weighted by atomic mass is 127. The molecular formula is C6HBr2F2I. The lowest BCUT2D eigenvalue weighted by molar-refractivity contribution is 0.572. The third-order valence-electron chi connectivity index (χ3n) is 1.06. The van der Waals surface area contributed by atoms with Gasteiger partial charge >= 0.3 is 0 Å². The first kappa shape index (κ1) is 9.85. The Hall–Kier alpha value is 0.770. The van der Waals surface area contributed by atoms with Gasteiger partial charge in [-0.15, -0.1) is 0 Å². The van der Waals surface area contributed by atoms with Crippen LogP contribution in [0.4, 0.5) is 8.78 Å². The van der Waals surface area contributed by atoms with Crippen LogP contribution in [0.2, 0.25) is 0 Å². The van der Waals surface area contributed by atoms with Gasteiger partial charge in [0, 0.05) is 6.07 Å². The fourth-order valence-electron chi connectivity index (χ4n) is 0.544. The zero-order chi connectivity index (χ0) is 8.59. The molecule has 1 aromatic rings. The van der Waals surface area contributed by atoms with Crippen LogP contribution < -0.4 is 0 Å². The molecule has 1 aromatic carbocycles. The van der Waals surface area contributed by atoms with Gasteiger partial charge in [-0.25, -0.2) is 8.78 Å². The van der Waals surface area contributed by atoms with Crippen molar-refractivity contribution in [2.24, 2.45) is 0 Å². The summed E-state index contributed by atoms with van der Waals surface area (Å²) in [6.45, 7) is 0. The molecule has 0 aliphatic rings. The molecular weight excluding hydrogens is 397 g/mol. The molecule has 0 heterocycles. The van der Waals surface area contributed by atoms with Gasteiger partial charge in [-0.1, -0.05) is 0 Å². The predicted molar refractivity (Wildman–Crippen MR) is 54.5 cm³/mol. The van der Waals surface area contributed by atoms with Crippen molar-refractivity contribution in [2.75, 3.05) is 0 Å². The first-order chi connectivity index (χ1) is 5.04. The lowest BCUT2D eigenvalue weighted by Gasteiger charge is -2.01. The average molecular weight is 398 g/mol. The molecule has 0 fully saturated rings. The van der Waals surface area contributed by atoms with E-state index in [9.17, 15) is 8.78 Å². The largest absolute Gasteiger partial charge is 0.206 e. The smallest absolute Gasteiger partial charge is 0.141 e. The molecule has 5 heteroatoms. The molecule has 0 amide bonds. The maximum absolute atomic E-state index is 12.7. The Morgan fingerprint density at radius 1 is 1.09 bits per heavy atom. The van der Waals surface area contributed by atoms with Crippen molar-refractivity contribution in [1.82, 2.24) is 0 Å². The van der Waals surface area contributed by atoms with E-state index in [1.54, 1.807) is 22.6 Å². The summed E-state index contributed by atoms with van der Waals surface area (Å²) in [7, 11) is 0. The molecule has 1 rings (SSSR count). The summed E-state index contributed by atoms with van der Waals surface area (Å²) in [4.78, 5) is 0. The van der Waals surface area contributed by atoms with E-state index >= 15 is 0 Å². The van der Waals surface area contributed by atoms with E-state index in [0.29, 0.717) is 8.04 Å². The number of halogens is 5. The average Bonchev–Trinajstić information content (AvgIpc) is 1.97. The molecule has 0 aromatic heterocycles. The lowest BCUT2D eigenvalue weighted by atomic mass is 10.3. The molecule has 60 valence electrons. The fourth-order valence-corrected chi connectivity index (χ4v) is 2.03. The van der Waals surface area contributed by atoms with E-state index in [4.69, 9.17) is 0 Å². The van der Waals surface area contributed by atoms with Gasteiger partial charge in [0.1, 0.15) is 11.6 Å². The fraction of sp³-hybridized carbons (Fsp3) is 0. The minimum absolute atomic E-state index is 0.253. The van der Waals surface area contributed by atoms with E-state index in [1.165, 1.54) is 0 Å². The van der Waals surface area contributed by atoms with Crippen molar-refractivity contribution in [3.63, 3.8) is 0 Å². The van der Waals surface area contributed by atoms with Crippen LogP contribution in [0, 0.1) is 15.2 Å². The van der Waals surface area contributed by atoms with E-state index < -0.39 is 11.6 Å². The van der Waals surface area contributed by atoms with E-state index in [-0.39, 0.29) is 4.47 Å². The van der Waals surface area contributed by atoms with E-state index in [1.807, 2.05) is 0 Å². The highest BCUT2D eigenvalue weighted by Gasteiger charge is 2.11. The molecule has 0 nitrogen and oxygen atoms in total. The van der Waals surface area contributed by atoms with Crippen molar-refractivity contribution < 1.29 is 8.78 Å². The van der Waals surface area contributed by atoms with Crippen LogP contribution in [0.1, 0.15) is 0 Å². The number of hydrogen-bond donors (Lipinski definition) is 0. The third-order valence-corrected chi connectivity index (χ3v) is 4.95. The Morgan fingerprint density at radius 3 is 2.18 bits per heavy atom. The Morgan fingerprint density at radius 2 is 1.64 bits per heavy atom. The topological polar surface area (TPSA) is 0 Å². The normalized spacial score (nSPS) is 10.3. The molecule has 0 N–H and O–H groups in total. The number of rotatable bonds is 0. The quantitative estimate of drug-likeness (QED) is 0.351. The maximum Gasteiger partial charge on any atom is 0.141 e. The van der Waals surface area contributed by atoms with Crippen molar-refractivity contribution in [3.8, 4) is 0 Å². The molecule has 0 bridgehead atoms. The SMILES string of the molecule is Fc1cc(F)c(I)c(Br)c1Br. The van der Waals surface area contributed by atoms with Crippen molar-refractivity contribution in [2.45, 2.75) is 0 Å². The highest BCUT2D eigenvalue weighted by molar-refractivity contribution is 14.1. The maximum atomic E-state index is 12.7. The van der Waals surface area contributed by atoms with Gasteiger partial charge in [0.15, 0.2) is 0 Å². The zero-order valence-corrected chi connectivity index (χ0v) is 10.3. The van der Waals surface area contributed by atoms with Gasteiger partial charge in [-0.2, -0.15) is 0 Å². The van der Waals surface area contributed by atoms with Gasteiger partial charge in [0.25, 0.3) is 0 Å². The second kappa shape index (κ2) is 3.66. The highest BCUT2D eigenvalue weighted by Crippen LogP contribution is 2.32. The molecule has 0 radical (unpaired) electrons. The molecule has 11 heavy (non-hydrogen) atoms. The summed E-state index contributed by atoms with van der Waals surface area (Å²) in [6.07, 6.45) is 0. The lowest BCUT2D eigenvalue weighted by Crippen LogP contribution is -1.88. The van der Waals surface area contributed by atoms with Crippen LogP contribution in [-0.4, -0.2) is 0 Å². The standard InChI is InChI=1S/C6HBr2F2I/c7-4-2(9)1-3(10)6(11)5(4)8/h1H. The van der Waals surface area contributed by atoms with Crippen molar-refractivity contribution >= 4 is 54.5 Å². The van der Waals surface area contributed by atoms with Crippen LogP contribution in [0.5, 0.6) is 0 Å². The summed E-state index contributed by atoms with van der Waals surface area (Å²) in [5.41, 5.74) is 0. The van der Waals surface area contributed by atoms with Gasteiger partial charge in [-0.05, 0) is 54.5 Å². The van der Waals surface area contributed by atoms with Crippen LogP contribution in [0.25, 0.3) is 0 Å². The summed E-state index contributed by atoms with van der Waals surface area (Å²) < 4.78 is 26.5. The minimum atomic E-state index is -0.602. The van der Waals surface area contributed by atoms with Crippen molar-refractivity contribution in [3.05, 3.63) is 30.2 Å². The summed E-state index contributed by atoms with van der Waals surface area (Å²) in [5, 5.41) is 0. The first-order valence-electron chi connectivity index (χ1n) is 2.52. The van der Waals surface area contributed by atoms with Gasteiger partial charge < -0.3 is 0 Å². The molecule has 0 spiro atoms.